The van der Waals surface area contributed by atoms with Crippen molar-refractivity contribution >= 4 is 33.9 Å². The maximum atomic E-state index is 12.3. The van der Waals surface area contributed by atoms with Crippen LogP contribution in [0, 0.1) is 6.92 Å². The Labute approximate surface area is 143 Å². The lowest BCUT2D eigenvalue weighted by Crippen LogP contribution is -2.22. The fraction of sp³-hybridized carbons (Fsp3) is 0.111. The molecule has 2 aromatic rings. The average Bonchev–Trinajstić information content (AvgIpc) is 2.51. The summed E-state index contributed by atoms with van der Waals surface area (Å²) in [6.07, 6.45) is 2.49. The molecule has 0 atom stereocenters. The molecule has 0 aliphatic carbocycles. The molecule has 0 bridgehead atoms. The summed E-state index contributed by atoms with van der Waals surface area (Å²) in [4.78, 5) is 22.8. The standard InChI is InChI=1S/C18H16BrNO3/c1-12-2-4-13(5-3-12)11-20-18(23)15-8-14(6-7-17(21)22)9-16(19)10-15/h2-10H,11H2,1H3,(H,20,23)(H,21,22)/b7-6+. The van der Waals surface area contributed by atoms with Crippen LogP contribution in [0.5, 0.6) is 0 Å². The van der Waals surface area contributed by atoms with Gasteiger partial charge in [-0.05, 0) is 42.3 Å². The first-order valence-corrected chi connectivity index (χ1v) is 7.79. The van der Waals surface area contributed by atoms with E-state index in [1.807, 2.05) is 31.2 Å². The Balaban J connectivity index is 2.09. The van der Waals surface area contributed by atoms with Crippen molar-refractivity contribution in [3.63, 3.8) is 0 Å². The summed E-state index contributed by atoms with van der Waals surface area (Å²) < 4.78 is 0.713. The van der Waals surface area contributed by atoms with Crippen molar-refractivity contribution in [2.24, 2.45) is 0 Å². The van der Waals surface area contributed by atoms with Crippen LogP contribution >= 0.6 is 15.9 Å². The second-order valence-electron chi connectivity index (χ2n) is 5.11. The molecule has 4 nitrogen and oxygen atoms in total. The molecule has 118 valence electrons. The van der Waals surface area contributed by atoms with E-state index in [9.17, 15) is 9.59 Å². The highest BCUT2D eigenvalue weighted by atomic mass is 79.9. The van der Waals surface area contributed by atoms with Gasteiger partial charge in [-0.2, -0.15) is 0 Å². The fourth-order valence-corrected chi connectivity index (χ4v) is 2.51. The number of carboxylic acid groups (broad SMARTS) is 1. The van der Waals surface area contributed by atoms with Gasteiger partial charge in [0.1, 0.15) is 0 Å². The van der Waals surface area contributed by atoms with E-state index in [1.165, 1.54) is 11.6 Å². The number of aliphatic carboxylic acids is 1. The van der Waals surface area contributed by atoms with Crippen molar-refractivity contribution in [1.82, 2.24) is 5.32 Å². The second-order valence-corrected chi connectivity index (χ2v) is 6.03. The van der Waals surface area contributed by atoms with Crippen LogP contribution in [0.3, 0.4) is 0 Å². The molecule has 1 amide bonds. The van der Waals surface area contributed by atoms with Crippen molar-refractivity contribution in [3.05, 3.63) is 75.3 Å². The molecule has 23 heavy (non-hydrogen) atoms. The third kappa shape index (κ3) is 5.38. The molecule has 0 aliphatic heterocycles. The highest BCUT2D eigenvalue weighted by molar-refractivity contribution is 9.10. The predicted molar refractivity (Wildman–Crippen MR) is 93.2 cm³/mol. The molecule has 0 fully saturated rings. The van der Waals surface area contributed by atoms with Crippen LogP contribution in [-0.4, -0.2) is 17.0 Å². The van der Waals surface area contributed by atoms with Gasteiger partial charge in [0.25, 0.3) is 5.91 Å². The monoisotopic (exact) mass is 373 g/mol. The fourth-order valence-electron chi connectivity index (χ4n) is 2.00. The number of hydrogen-bond donors (Lipinski definition) is 2. The van der Waals surface area contributed by atoms with Crippen LogP contribution in [-0.2, 0) is 11.3 Å². The first-order chi connectivity index (χ1) is 10.9. The Morgan fingerprint density at radius 2 is 1.87 bits per heavy atom. The zero-order chi connectivity index (χ0) is 16.8. The van der Waals surface area contributed by atoms with Crippen molar-refractivity contribution in [3.8, 4) is 0 Å². The quantitative estimate of drug-likeness (QED) is 0.783. The third-order valence-corrected chi connectivity index (χ3v) is 3.63. The van der Waals surface area contributed by atoms with Gasteiger partial charge in [0, 0.05) is 22.7 Å². The lowest BCUT2D eigenvalue weighted by molar-refractivity contribution is -0.131. The number of carbonyl (C=O) groups excluding carboxylic acids is 1. The molecule has 2 rings (SSSR count). The molecule has 0 aromatic heterocycles. The van der Waals surface area contributed by atoms with E-state index in [4.69, 9.17) is 5.11 Å². The van der Waals surface area contributed by atoms with E-state index >= 15 is 0 Å². The number of aryl methyl sites for hydroxylation is 1. The van der Waals surface area contributed by atoms with Crippen LogP contribution in [0.4, 0.5) is 0 Å². The van der Waals surface area contributed by atoms with Gasteiger partial charge in [0.05, 0.1) is 0 Å². The molecule has 2 N–H and O–H groups in total. The van der Waals surface area contributed by atoms with E-state index in [0.29, 0.717) is 22.1 Å². The smallest absolute Gasteiger partial charge is 0.328 e. The van der Waals surface area contributed by atoms with E-state index in [1.54, 1.807) is 18.2 Å². The molecule has 0 heterocycles. The zero-order valence-corrected chi connectivity index (χ0v) is 14.1. The molecule has 5 heteroatoms. The van der Waals surface area contributed by atoms with E-state index in [-0.39, 0.29) is 5.91 Å². The normalized spacial score (nSPS) is 10.7. The summed E-state index contributed by atoms with van der Waals surface area (Å²) >= 11 is 3.33. The van der Waals surface area contributed by atoms with Gasteiger partial charge in [0.2, 0.25) is 0 Å². The maximum absolute atomic E-state index is 12.3. The van der Waals surface area contributed by atoms with E-state index in [2.05, 4.69) is 21.2 Å². The van der Waals surface area contributed by atoms with Gasteiger partial charge in [0.15, 0.2) is 0 Å². The second kappa shape index (κ2) is 7.74. The van der Waals surface area contributed by atoms with Gasteiger partial charge in [-0.1, -0.05) is 45.8 Å². The summed E-state index contributed by atoms with van der Waals surface area (Å²) in [7, 11) is 0. The molecule has 0 radical (unpaired) electrons. The Morgan fingerprint density at radius 3 is 2.52 bits per heavy atom. The highest BCUT2D eigenvalue weighted by Gasteiger charge is 2.07. The number of benzene rings is 2. The van der Waals surface area contributed by atoms with Crippen molar-refractivity contribution in [2.45, 2.75) is 13.5 Å². The van der Waals surface area contributed by atoms with Gasteiger partial charge in [-0.3, -0.25) is 4.79 Å². The van der Waals surface area contributed by atoms with Crippen LogP contribution in [0.25, 0.3) is 6.08 Å². The zero-order valence-electron chi connectivity index (χ0n) is 12.5. The summed E-state index contributed by atoms with van der Waals surface area (Å²) in [5.74, 6) is -1.24. The van der Waals surface area contributed by atoms with E-state index < -0.39 is 5.97 Å². The van der Waals surface area contributed by atoms with Crippen molar-refractivity contribution in [2.75, 3.05) is 0 Å². The Kier molecular flexibility index (Phi) is 5.71. The number of hydrogen-bond acceptors (Lipinski definition) is 2. The highest BCUT2D eigenvalue weighted by Crippen LogP contribution is 2.17. The van der Waals surface area contributed by atoms with Crippen LogP contribution < -0.4 is 5.32 Å². The first kappa shape index (κ1) is 17.0. The minimum absolute atomic E-state index is 0.211. The molecule has 0 saturated heterocycles. The van der Waals surface area contributed by atoms with Gasteiger partial charge < -0.3 is 10.4 Å². The molecule has 0 aliphatic rings. The molecular formula is C18H16BrNO3. The molecular weight excluding hydrogens is 358 g/mol. The number of nitrogens with one attached hydrogen (secondary N) is 1. The lowest BCUT2D eigenvalue weighted by atomic mass is 10.1. The lowest BCUT2D eigenvalue weighted by Gasteiger charge is -2.07. The average molecular weight is 374 g/mol. The Morgan fingerprint density at radius 1 is 1.17 bits per heavy atom. The van der Waals surface area contributed by atoms with Crippen LogP contribution in [0.1, 0.15) is 27.0 Å². The molecule has 0 saturated carbocycles. The Bertz CT molecular complexity index is 751. The minimum Gasteiger partial charge on any atom is -0.478 e. The summed E-state index contributed by atoms with van der Waals surface area (Å²) in [6.45, 7) is 2.45. The number of amides is 1. The first-order valence-electron chi connectivity index (χ1n) is 6.99. The number of carboxylic acids is 1. The number of rotatable bonds is 5. The third-order valence-electron chi connectivity index (χ3n) is 3.17. The minimum atomic E-state index is -1.03. The molecule has 2 aromatic carbocycles. The summed E-state index contributed by atoms with van der Waals surface area (Å²) in [5, 5.41) is 11.5. The molecule has 0 unspecified atom stereocenters. The van der Waals surface area contributed by atoms with Crippen LogP contribution in [0.2, 0.25) is 0 Å². The largest absolute Gasteiger partial charge is 0.478 e. The maximum Gasteiger partial charge on any atom is 0.328 e. The molecule has 0 spiro atoms. The van der Waals surface area contributed by atoms with Gasteiger partial charge in [-0.15, -0.1) is 0 Å². The van der Waals surface area contributed by atoms with Gasteiger partial charge in [-0.25, -0.2) is 4.79 Å². The Hall–Kier alpha value is -2.40. The summed E-state index contributed by atoms with van der Waals surface area (Å²) in [5.41, 5.74) is 3.30. The van der Waals surface area contributed by atoms with E-state index in [0.717, 1.165) is 11.6 Å². The number of carbonyl (C=O) groups is 2. The predicted octanol–water partition coefficient (Wildman–Crippen LogP) is 3.79. The topological polar surface area (TPSA) is 66.4 Å². The van der Waals surface area contributed by atoms with Gasteiger partial charge >= 0.3 is 5.97 Å². The number of halogens is 1. The van der Waals surface area contributed by atoms with Crippen molar-refractivity contribution in [1.29, 1.82) is 0 Å². The van der Waals surface area contributed by atoms with Crippen LogP contribution in [0.15, 0.2) is 53.0 Å². The van der Waals surface area contributed by atoms with Crippen molar-refractivity contribution < 1.29 is 14.7 Å². The summed E-state index contributed by atoms with van der Waals surface area (Å²) in [6, 6.07) is 13.0. The SMILES string of the molecule is Cc1ccc(CNC(=O)c2cc(Br)cc(/C=C/C(=O)O)c2)cc1.